The Morgan fingerprint density at radius 1 is 1.36 bits per heavy atom. The van der Waals surface area contributed by atoms with Crippen LogP contribution in [0.5, 0.6) is 0 Å². The third-order valence-electron chi connectivity index (χ3n) is 5.96. The van der Waals surface area contributed by atoms with Gasteiger partial charge in [-0.05, 0) is 49.1 Å². The number of hydroxylamine groups is 1. The maximum Gasteiger partial charge on any atom is 0.276 e. The van der Waals surface area contributed by atoms with Crippen molar-refractivity contribution in [1.29, 1.82) is 0 Å². The number of carbonyl (C=O) groups excluding carboxylic acids is 1. The Labute approximate surface area is 130 Å². The van der Waals surface area contributed by atoms with E-state index in [1.165, 1.54) is 38.5 Å². The lowest BCUT2D eigenvalue weighted by molar-refractivity contribution is -0.00299. The summed E-state index contributed by atoms with van der Waals surface area (Å²) < 4.78 is 0. The SMILES string of the molecule is O=C(NO)c1cnc2c(c1)CCN(C1CC3(CCCC3)C1)C2. The largest absolute Gasteiger partial charge is 0.294 e. The van der Waals surface area contributed by atoms with Gasteiger partial charge in [-0.2, -0.15) is 0 Å². The first-order valence-corrected chi connectivity index (χ1v) is 8.35. The van der Waals surface area contributed by atoms with Crippen LogP contribution in [0.1, 0.15) is 60.1 Å². The van der Waals surface area contributed by atoms with Gasteiger partial charge in [0.25, 0.3) is 5.91 Å². The van der Waals surface area contributed by atoms with Crippen LogP contribution >= 0.6 is 0 Å². The van der Waals surface area contributed by atoms with Crippen molar-refractivity contribution in [3.8, 4) is 0 Å². The van der Waals surface area contributed by atoms with Crippen LogP contribution in [0.2, 0.25) is 0 Å². The summed E-state index contributed by atoms with van der Waals surface area (Å²) in [4.78, 5) is 18.5. The summed E-state index contributed by atoms with van der Waals surface area (Å²) in [5, 5.41) is 8.71. The van der Waals surface area contributed by atoms with E-state index in [4.69, 9.17) is 5.21 Å². The van der Waals surface area contributed by atoms with Crippen LogP contribution in [-0.4, -0.2) is 33.6 Å². The number of nitrogens with one attached hydrogen (secondary N) is 1. The number of hydrogen-bond acceptors (Lipinski definition) is 4. The second-order valence-corrected chi connectivity index (χ2v) is 7.26. The van der Waals surface area contributed by atoms with Crippen molar-refractivity contribution < 1.29 is 10.0 Å². The van der Waals surface area contributed by atoms with Crippen LogP contribution in [0.4, 0.5) is 0 Å². The molecule has 1 aromatic rings. The number of fused-ring (bicyclic) bond motifs is 1. The van der Waals surface area contributed by atoms with Crippen molar-refractivity contribution in [3.05, 3.63) is 29.1 Å². The van der Waals surface area contributed by atoms with E-state index < -0.39 is 5.91 Å². The predicted molar refractivity (Wildman–Crippen MR) is 81.5 cm³/mol. The van der Waals surface area contributed by atoms with Gasteiger partial charge in [-0.25, -0.2) is 5.48 Å². The van der Waals surface area contributed by atoms with Gasteiger partial charge in [0.2, 0.25) is 0 Å². The highest BCUT2D eigenvalue weighted by Crippen LogP contribution is 2.55. The first kappa shape index (κ1) is 14.2. The first-order valence-electron chi connectivity index (χ1n) is 8.35. The fraction of sp³-hybridized carbons (Fsp3) is 0.647. The highest BCUT2D eigenvalue weighted by atomic mass is 16.5. The summed E-state index contributed by atoms with van der Waals surface area (Å²) in [7, 11) is 0. The zero-order chi connectivity index (χ0) is 15.2. The lowest BCUT2D eigenvalue weighted by Crippen LogP contribution is -2.51. The van der Waals surface area contributed by atoms with Crippen LogP contribution in [0, 0.1) is 5.41 Å². The summed E-state index contributed by atoms with van der Waals surface area (Å²) in [6, 6.07) is 2.60. The fourth-order valence-corrected chi connectivity index (χ4v) is 4.66. The highest BCUT2D eigenvalue weighted by Gasteiger charge is 2.47. The number of rotatable bonds is 2. The minimum Gasteiger partial charge on any atom is -0.294 e. The molecular formula is C17H23N3O2. The minimum absolute atomic E-state index is 0.434. The maximum absolute atomic E-state index is 11.5. The molecule has 0 unspecified atom stereocenters. The van der Waals surface area contributed by atoms with E-state index in [9.17, 15) is 4.79 Å². The molecule has 0 bridgehead atoms. The molecule has 1 spiro atoms. The average molecular weight is 301 g/mol. The smallest absolute Gasteiger partial charge is 0.276 e. The molecule has 2 saturated carbocycles. The summed E-state index contributed by atoms with van der Waals surface area (Å²) >= 11 is 0. The van der Waals surface area contributed by atoms with Gasteiger partial charge in [0, 0.05) is 25.3 Å². The second kappa shape index (κ2) is 5.32. The number of aromatic nitrogens is 1. The monoisotopic (exact) mass is 301 g/mol. The third-order valence-corrected chi connectivity index (χ3v) is 5.96. The van der Waals surface area contributed by atoms with Crippen LogP contribution in [-0.2, 0) is 13.0 Å². The molecule has 1 aliphatic heterocycles. The second-order valence-electron chi connectivity index (χ2n) is 7.26. The molecule has 1 amide bonds. The summed E-state index contributed by atoms with van der Waals surface area (Å²) in [6.45, 7) is 1.96. The van der Waals surface area contributed by atoms with Crippen molar-refractivity contribution in [1.82, 2.24) is 15.4 Å². The fourth-order valence-electron chi connectivity index (χ4n) is 4.66. The highest BCUT2D eigenvalue weighted by molar-refractivity contribution is 5.93. The van der Waals surface area contributed by atoms with Crippen LogP contribution < -0.4 is 5.48 Å². The first-order chi connectivity index (χ1) is 10.7. The van der Waals surface area contributed by atoms with Gasteiger partial charge in [-0.1, -0.05) is 12.8 Å². The van der Waals surface area contributed by atoms with E-state index in [1.54, 1.807) is 11.7 Å². The van der Waals surface area contributed by atoms with Crippen molar-refractivity contribution in [3.63, 3.8) is 0 Å². The Morgan fingerprint density at radius 2 is 2.14 bits per heavy atom. The number of pyridine rings is 1. The van der Waals surface area contributed by atoms with Gasteiger partial charge in [0.1, 0.15) is 0 Å². The topological polar surface area (TPSA) is 65.5 Å². The molecule has 5 heteroatoms. The van der Waals surface area contributed by atoms with E-state index in [2.05, 4.69) is 9.88 Å². The van der Waals surface area contributed by atoms with Crippen molar-refractivity contribution in [2.75, 3.05) is 6.54 Å². The summed E-state index contributed by atoms with van der Waals surface area (Å²) in [6.07, 6.45) is 11.0. The molecule has 0 radical (unpaired) electrons. The van der Waals surface area contributed by atoms with Crippen molar-refractivity contribution in [2.24, 2.45) is 5.41 Å². The van der Waals surface area contributed by atoms with Gasteiger partial charge < -0.3 is 0 Å². The molecule has 3 aliphatic rings. The Hall–Kier alpha value is -1.46. The van der Waals surface area contributed by atoms with Gasteiger partial charge in [-0.15, -0.1) is 0 Å². The maximum atomic E-state index is 11.5. The zero-order valence-electron chi connectivity index (χ0n) is 12.8. The van der Waals surface area contributed by atoms with E-state index in [0.29, 0.717) is 11.0 Å². The van der Waals surface area contributed by atoms with E-state index in [1.807, 2.05) is 6.07 Å². The van der Waals surface area contributed by atoms with Gasteiger partial charge >= 0.3 is 0 Å². The molecule has 2 fully saturated rings. The molecule has 118 valence electrons. The van der Waals surface area contributed by atoms with Crippen molar-refractivity contribution >= 4 is 5.91 Å². The summed E-state index contributed by atoms with van der Waals surface area (Å²) in [5.41, 5.74) is 5.02. The summed E-state index contributed by atoms with van der Waals surface area (Å²) in [5.74, 6) is -0.486. The lowest BCUT2D eigenvalue weighted by atomic mass is 9.63. The van der Waals surface area contributed by atoms with Gasteiger partial charge in [0.15, 0.2) is 0 Å². The molecule has 2 heterocycles. The van der Waals surface area contributed by atoms with Crippen LogP contribution in [0.15, 0.2) is 12.3 Å². The van der Waals surface area contributed by atoms with E-state index in [0.717, 1.165) is 36.8 Å². The average Bonchev–Trinajstić information content (AvgIpc) is 3.01. The zero-order valence-corrected chi connectivity index (χ0v) is 12.8. The van der Waals surface area contributed by atoms with Crippen molar-refractivity contribution in [2.45, 2.75) is 57.5 Å². The molecule has 0 aromatic carbocycles. The minimum atomic E-state index is -0.486. The predicted octanol–water partition coefficient (Wildman–Crippen LogP) is 2.28. The van der Waals surface area contributed by atoms with Crippen LogP contribution in [0.25, 0.3) is 0 Å². The van der Waals surface area contributed by atoms with Gasteiger partial charge in [0.05, 0.1) is 11.3 Å². The third kappa shape index (κ3) is 2.32. The Kier molecular flexibility index (Phi) is 3.42. The Morgan fingerprint density at radius 3 is 2.86 bits per heavy atom. The molecule has 4 rings (SSSR count). The number of hydrogen-bond donors (Lipinski definition) is 2. The Balaban J connectivity index is 1.43. The number of nitrogens with zero attached hydrogens (tertiary/aromatic N) is 2. The normalized spacial score (nSPS) is 24.0. The van der Waals surface area contributed by atoms with Gasteiger partial charge in [-0.3, -0.25) is 19.9 Å². The van der Waals surface area contributed by atoms with Crippen LogP contribution in [0.3, 0.4) is 0 Å². The molecule has 22 heavy (non-hydrogen) atoms. The number of amides is 1. The number of carbonyl (C=O) groups is 1. The molecule has 2 N–H and O–H groups in total. The Bertz CT molecular complexity index is 588. The molecular weight excluding hydrogens is 278 g/mol. The standard InChI is InChI=1S/C17H23N3O2/c21-16(19-22)13-7-12-3-6-20(11-15(12)18-10-13)14-8-17(9-14)4-1-2-5-17/h7,10,14,22H,1-6,8-9,11H2,(H,19,21). The van der Waals surface area contributed by atoms with E-state index >= 15 is 0 Å². The molecule has 2 aliphatic carbocycles. The molecule has 1 aromatic heterocycles. The molecule has 0 saturated heterocycles. The molecule has 0 atom stereocenters. The van der Waals surface area contributed by atoms with E-state index in [-0.39, 0.29) is 0 Å². The molecule has 5 nitrogen and oxygen atoms in total. The quantitative estimate of drug-likeness (QED) is 0.650. The lowest BCUT2D eigenvalue weighted by Gasteiger charge is -2.51.